The molecule has 0 atom stereocenters. The first-order chi connectivity index (χ1) is 8.58. The fourth-order valence-electron chi connectivity index (χ4n) is 1.95. The summed E-state index contributed by atoms with van der Waals surface area (Å²) in [5.41, 5.74) is 0.115. The Balaban J connectivity index is 1.99. The molecular weight excluding hydrogens is 306 g/mol. The minimum Gasteiger partial charge on any atom is -0.373 e. The molecule has 98 valence electrons. The Labute approximate surface area is 112 Å². The molecule has 0 bridgehead atoms. The largest absolute Gasteiger partial charge is 0.373 e. The van der Waals surface area contributed by atoms with Crippen molar-refractivity contribution in [3.05, 3.63) is 28.2 Å². The van der Waals surface area contributed by atoms with Crippen LogP contribution in [0.25, 0.3) is 0 Å². The first-order valence-electron chi connectivity index (χ1n) is 5.74. The summed E-state index contributed by atoms with van der Waals surface area (Å²) >= 11 is 3.06. The summed E-state index contributed by atoms with van der Waals surface area (Å²) in [5.74, 6) is -1.44. The summed E-state index contributed by atoms with van der Waals surface area (Å²) in [7, 11) is 0. The van der Waals surface area contributed by atoms with Crippen LogP contribution in [0, 0.1) is 11.6 Å². The van der Waals surface area contributed by atoms with Gasteiger partial charge in [-0.2, -0.15) is 0 Å². The molecule has 0 spiro atoms. The Hall–Kier alpha value is -1.17. The summed E-state index contributed by atoms with van der Waals surface area (Å²) in [6.07, 6.45) is 2.03. The molecule has 0 unspecified atom stereocenters. The first-order valence-corrected chi connectivity index (χ1v) is 6.53. The van der Waals surface area contributed by atoms with Gasteiger partial charge in [0.15, 0.2) is 0 Å². The third-order valence-corrected chi connectivity index (χ3v) is 3.51. The smallest absolute Gasteiger partial charge is 0.241 e. The summed E-state index contributed by atoms with van der Waals surface area (Å²) < 4.78 is 26.6. The number of halogens is 3. The minimum atomic E-state index is -0.712. The Kier molecular flexibility index (Phi) is 4.16. The molecular formula is C12H13BrF2N2O. The van der Waals surface area contributed by atoms with E-state index in [4.69, 9.17) is 0 Å². The van der Waals surface area contributed by atoms with Crippen LogP contribution in [0.4, 0.5) is 14.5 Å². The third-order valence-electron chi connectivity index (χ3n) is 2.88. The van der Waals surface area contributed by atoms with Crippen LogP contribution in [0.2, 0.25) is 0 Å². The molecule has 1 fully saturated rings. The number of carbonyl (C=O) groups is 1. The van der Waals surface area contributed by atoms with E-state index in [1.54, 1.807) is 4.90 Å². The standard InChI is InChI=1S/C12H13BrF2N2O/c13-9-5-8(14)6-10(15)12(9)16-7-11(18)17-3-1-2-4-17/h5-6,16H,1-4,7H2. The van der Waals surface area contributed by atoms with Gasteiger partial charge in [-0.25, -0.2) is 8.78 Å². The highest BCUT2D eigenvalue weighted by Crippen LogP contribution is 2.26. The normalized spacial score (nSPS) is 14.9. The molecule has 0 saturated carbocycles. The van der Waals surface area contributed by atoms with E-state index in [9.17, 15) is 13.6 Å². The molecule has 1 heterocycles. The topological polar surface area (TPSA) is 32.3 Å². The number of nitrogens with zero attached hydrogens (tertiary/aromatic N) is 1. The lowest BCUT2D eigenvalue weighted by Crippen LogP contribution is -2.33. The van der Waals surface area contributed by atoms with Gasteiger partial charge in [-0.3, -0.25) is 4.79 Å². The van der Waals surface area contributed by atoms with E-state index in [0.717, 1.165) is 38.1 Å². The molecule has 3 nitrogen and oxygen atoms in total. The lowest BCUT2D eigenvalue weighted by molar-refractivity contribution is -0.128. The van der Waals surface area contributed by atoms with Crippen molar-refractivity contribution in [3.8, 4) is 0 Å². The van der Waals surface area contributed by atoms with Crippen molar-refractivity contribution in [1.29, 1.82) is 0 Å². The number of amides is 1. The zero-order valence-corrected chi connectivity index (χ0v) is 11.3. The van der Waals surface area contributed by atoms with Crippen LogP contribution >= 0.6 is 15.9 Å². The quantitative estimate of drug-likeness (QED) is 0.929. The molecule has 1 saturated heterocycles. The Bertz CT molecular complexity index is 438. The van der Waals surface area contributed by atoms with E-state index in [0.29, 0.717) is 0 Å². The van der Waals surface area contributed by atoms with Gasteiger partial charge < -0.3 is 10.2 Å². The average molecular weight is 319 g/mol. The highest BCUT2D eigenvalue weighted by molar-refractivity contribution is 9.10. The predicted molar refractivity (Wildman–Crippen MR) is 68.4 cm³/mol. The van der Waals surface area contributed by atoms with Crippen LogP contribution in [0.5, 0.6) is 0 Å². The second-order valence-electron chi connectivity index (χ2n) is 4.19. The van der Waals surface area contributed by atoms with Crippen LogP contribution < -0.4 is 5.32 Å². The fourth-order valence-corrected chi connectivity index (χ4v) is 2.50. The Morgan fingerprint density at radius 3 is 2.61 bits per heavy atom. The maximum atomic E-state index is 13.5. The number of hydrogen-bond donors (Lipinski definition) is 1. The molecule has 1 aliphatic heterocycles. The molecule has 1 aromatic rings. The van der Waals surface area contributed by atoms with Gasteiger partial charge in [-0.15, -0.1) is 0 Å². The lowest BCUT2D eigenvalue weighted by atomic mass is 10.3. The number of carbonyl (C=O) groups excluding carboxylic acids is 1. The van der Waals surface area contributed by atoms with Crippen molar-refractivity contribution >= 4 is 27.5 Å². The summed E-state index contributed by atoms with van der Waals surface area (Å²) in [5, 5.41) is 2.71. The molecule has 0 aliphatic carbocycles. The highest BCUT2D eigenvalue weighted by atomic mass is 79.9. The summed E-state index contributed by atoms with van der Waals surface area (Å²) in [6, 6.07) is 1.94. The zero-order chi connectivity index (χ0) is 13.1. The van der Waals surface area contributed by atoms with Crippen LogP contribution in [-0.4, -0.2) is 30.4 Å². The fraction of sp³-hybridized carbons (Fsp3) is 0.417. The van der Waals surface area contributed by atoms with Crippen molar-refractivity contribution in [1.82, 2.24) is 4.90 Å². The van der Waals surface area contributed by atoms with Crippen molar-refractivity contribution < 1.29 is 13.6 Å². The van der Waals surface area contributed by atoms with Crippen LogP contribution in [0.15, 0.2) is 16.6 Å². The predicted octanol–water partition coefficient (Wildman–Crippen LogP) is 2.76. The summed E-state index contributed by atoms with van der Waals surface area (Å²) in [4.78, 5) is 13.5. The van der Waals surface area contributed by atoms with E-state index in [2.05, 4.69) is 21.2 Å². The molecule has 1 amide bonds. The number of rotatable bonds is 3. The minimum absolute atomic E-state index is 0.0150. The maximum Gasteiger partial charge on any atom is 0.241 e. The maximum absolute atomic E-state index is 13.5. The van der Waals surface area contributed by atoms with Gasteiger partial charge in [-0.1, -0.05) is 0 Å². The third kappa shape index (κ3) is 2.98. The van der Waals surface area contributed by atoms with Crippen LogP contribution in [0.1, 0.15) is 12.8 Å². The first kappa shape index (κ1) is 13.3. The number of hydrogen-bond acceptors (Lipinski definition) is 2. The Morgan fingerprint density at radius 2 is 2.00 bits per heavy atom. The molecule has 2 rings (SSSR count). The van der Waals surface area contributed by atoms with Gasteiger partial charge in [0, 0.05) is 23.6 Å². The highest BCUT2D eigenvalue weighted by Gasteiger charge is 2.18. The van der Waals surface area contributed by atoms with E-state index in [1.807, 2.05) is 0 Å². The number of likely N-dealkylation sites (tertiary alicyclic amines) is 1. The zero-order valence-electron chi connectivity index (χ0n) is 9.68. The van der Waals surface area contributed by atoms with Crippen molar-refractivity contribution in [2.24, 2.45) is 0 Å². The van der Waals surface area contributed by atoms with E-state index in [-0.39, 0.29) is 22.6 Å². The van der Waals surface area contributed by atoms with E-state index in [1.165, 1.54) is 0 Å². The SMILES string of the molecule is O=C(CNc1c(F)cc(F)cc1Br)N1CCCC1. The number of benzene rings is 1. The van der Waals surface area contributed by atoms with E-state index >= 15 is 0 Å². The van der Waals surface area contributed by atoms with E-state index < -0.39 is 11.6 Å². The average Bonchev–Trinajstić information content (AvgIpc) is 2.80. The lowest BCUT2D eigenvalue weighted by Gasteiger charge is -2.16. The van der Waals surface area contributed by atoms with Gasteiger partial charge in [-0.05, 0) is 34.8 Å². The number of anilines is 1. The van der Waals surface area contributed by atoms with Crippen molar-refractivity contribution in [2.75, 3.05) is 25.0 Å². The monoisotopic (exact) mass is 318 g/mol. The number of nitrogens with one attached hydrogen (secondary N) is 1. The molecule has 1 aliphatic rings. The van der Waals surface area contributed by atoms with Gasteiger partial charge in [0.1, 0.15) is 11.6 Å². The molecule has 6 heteroatoms. The molecule has 0 aromatic heterocycles. The van der Waals surface area contributed by atoms with Crippen LogP contribution in [0.3, 0.4) is 0 Å². The van der Waals surface area contributed by atoms with Crippen LogP contribution in [-0.2, 0) is 4.79 Å². The van der Waals surface area contributed by atoms with Crippen molar-refractivity contribution in [2.45, 2.75) is 12.8 Å². The van der Waals surface area contributed by atoms with Gasteiger partial charge in [0.05, 0.1) is 12.2 Å². The second kappa shape index (κ2) is 5.65. The van der Waals surface area contributed by atoms with Crippen molar-refractivity contribution in [3.63, 3.8) is 0 Å². The van der Waals surface area contributed by atoms with Gasteiger partial charge in [0.2, 0.25) is 5.91 Å². The second-order valence-corrected chi connectivity index (χ2v) is 5.04. The molecule has 1 aromatic carbocycles. The van der Waals surface area contributed by atoms with Gasteiger partial charge in [0.25, 0.3) is 0 Å². The molecule has 0 radical (unpaired) electrons. The molecule has 1 N–H and O–H groups in total. The Morgan fingerprint density at radius 1 is 1.33 bits per heavy atom. The summed E-state index contributed by atoms with van der Waals surface area (Å²) in [6.45, 7) is 1.53. The molecule has 18 heavy (non-hydrogen) atoms. The van der Waals surface area contributed by atoms with Gasteiger partial charge >= 0.3 is 0 Å².